The lowest BCUT2D eigenvalue weighted by atomic mass is 10.2. The van der Waals surface area contributed by atoms with E-state index in [0.29, 0.717) is 30.4 Å². The topological polar surface area (TPSA) is 78.4 Å². The molecule has 0 saturated heterocycles. The number of pyridine rings is 1. The Labute approximate surface area is 152 Å². The number of benzene rings is 1. The average Bonchev–Trinajstić information content (AvgIpc) is 2.61. The first kappa shape index (κ1) is 19.4. The Morgan fingerprint density at radius 3 is 2.69 bits per heavy atom. The third-order valence-electron chi connectivity index (χ3n) is 3.51. The predicted molar refractivity (Wildman–Crippen MR) is 101 cm³/mol. The molecule has 0 spiro atoms. The number of carbonyl (C=O) groups excluding carboxylic acids is 1. The number of carbonyl (C=O) groups is 1. The zero-order valence-electron chi connectivity index (χ0n) is 15.1. The highest BCUT2D eigenvalue weighted by Gasteiger charge is 2.05. The molecule has 0 unspecified atom stereocenters. The van der Waals surface area contributed by atoms with E-state index in [1.165, 1.54) is 6.07 Å². The highest BCUT2D eigenvalue weighted by molar-refractivity contribution is 5.90. The van der Waals surface area contributed by atoms with Gasteiger partial charge >= 0.3 is 0 Å². The van der Waals surface area contributed by atoms with Crippen LogP contribution in [0.25, 0.3) is 0 Å². The molecule has 1 aromatic heterocycles. The van der Waals surface area contributed by atoms with Gasteiger partial charge in [0.15, 0.2) is 5.96 Å². The molecule has 7 heteroatoms. The fourth-order valence-corrected chi connectivity index (χ4v) is 2.25. The largest absolute Gasteiger partial charge is 0.357 e. The van der Waals surface area contributed by atoms with E-state index in [1.807, 2.05) is 26.0 Å². The molecule has 0 bridgehead atoms. The number of hydrogen-bond acceptors (Lipinski definition) is 3. The highest BCUT2D eigenvalue weighted by Crippen LogP contribution is 2.07. The van der Waals surface area contributed by atoms with Crippen molar-refractivity contribution in [3.8, 4) is 0 Å². The van der Waals surface area contributed by atoms with Gasteiger partial charge in [0.05, 0.1) is 6.54 Å². The third kappa shape index (κ3) is 6.51. The number of halogens is 1. The Hall–Kier alpha value is -2.96. The maximum absolute atomic E-state index is 13.7. The smallest absolute Gasteiger partial charge is 0.227 e. The molecule has 0 saturated carbocycles. The van der Waals surface area contributed by atoms with E-state index in [2.05, 4.69) is 25.9 Å². The highest BCUT2D eigenvalue weighted by atomic mass is 19.1. The molecule has 138 valence electrons. The first-order chi connectivity index (χ1) is 12.6. The molecule has 2 aromatic rings. The van der Waals surface area contributed by atoms with Gasteiger partial charge in [-0.15, -0.1) is 0 Å². The number of nitrogens with zero attached hydrogens (tertiary/aromatic N) is 2. The van der Waals surface area contributed by atoms with Crippen molar-refractivity contribution in [3.63, 3.8) is 0 Å². The van der Waals surface area contributed by atoms with Gasteiger partial charge in [0.25, 0.3) is 0 Å². The normalized spacial score (nSPS) is 11.1. The standard InChI is InChI=1S/C19H24FN5O/c1-3-21-19(23-13-15-8-4-5-9-16(15)20)22-12-11-18(26)25-17-10-6-7-14(2)24-17/h4-10H,3,11-13H2,1-2H3,(H2,21,22,23)(H,24,25,26). The summed E-state index contributed by atoms with van der Waals surface area (Å²) in [6.45, 7) is 5.10. The Bertz CT molecular complexity index is 763. The molecule has 6 nitrogen and oxygen atoms in total. The molecule has 3 N–H and O–H groups in total. The fraction of sp³-hybridized carbons (Fsp3) is 0.316. The lowest BCUT2D eigenvalue weighted by Crippen LogP contribution is -2.38. The second kappa shape index (κ2) is 10.1. The number of anilines is 1. The zero-order chi connectivity index (χ0) is 18.8. The summed E-state index contributed by atoms with van der Waals surface area (Å²) >= 11 is 0. The van der Waals surface area contributed by atoms with Crippen molar-refractivity contribution in [3.05, 3.63) is 59.5 Å². The minimum atomic E-state index is -0.280. The minimum absolute atomic E-state index is 0.138. The van der Waals surface area contributed by atoms with Crippen LogP contribution in [0, 0.1) is 12.7 Å². The molecule has 0 aliphatic rings. The number of aromatic nitrogens is 1. The number of aliphatic imine (C=N–C) groups is 1. The van der Waals surface area contributed by atoms with Crippen LogP contribution in [0.4, 0.5) is 10.2 Å². The molecule has 1 aromatic carbocycles. The van der Waals surface area contributed by atoms with Crippen LogP contribution < -0.4 is 16.0 Å². The maximum Gasteiger partial charge on any atom is 0.227 e. The Kier molecular flexibility index (Phi) is 7.54. The van der Waals surface area contributed by atoms with Gasteiger partial charge in [-0.3, -0.25) is 4.79 Å². The number of nitrogens with one attached hydrogen (secondary N) is 3. The van der Waals surface area contributed by atoms with Crippen LogP contribution in [0.3, 0.4) is 0 Å². The molecule has 1 amide bonds. The van der Waals surface area contributed by atoms with Crippen LogP contribution in [0.1, 0.15) is 24.6 Å². The summed E-state index contributed by atoms with van der Waals surface area (Å²) in [5, 5.41) is 8.90. The van der Waals surface area contributed by atoms with Gasteiger partial charge in [-0.05, 0) is 32.0 Å². The third-order valence-corrected chi connectivity index (χ3v) is 3.51. The Balaban J connectivity index is 1.83. The van der Waals surface area contributed by atoms with E-state index in [9.17, 15) is 9.18 Å². The van der Waals surface area contributed by atoms with Crippen LogP contribution >= 0.6 is 0 Å². The quantitative estimate of drug-likeness (QED) is 0.526. The summed E-state index contributed by atoms with van der Waals surface area (Å²) in [4.78, 5) is 20.6. The van der Waals surface area contributed by atoms with E-state index in [4.69, 9.17) is 0 Å². The molecule has 0 aliphatic carbocycles. The van der Waals surface area contributed by atoms with Crippen LogP contribution in [-0.2, 0) is 11.3 Å². The fourth-order valence-electron chi connectivity index (χ4n) is 2.25. The molecule has 1 heterocycles. The van der Waals surface area contributed by atoms with E-state index in [-0.39, 0.29) is 24.7 Å². The second-order valence-electron chi connectivity index (χ2n) is 5.68. The van der Waals surface area contributed by atoms with Crippen molar-refractivity contribution in [1.82, 2.24) is 15.6 Å². The molecular weight excluding hydrogens is 333 g/mol. The van der Waals surface area contributed by atoms with Crippen molar-refractivity contribution in [2.24, 2.45) is 4.99 Å². The van der Waals surface area contributed by atoms with Crippen LogP contribution in [-0.4, -0.2) is 29.9 Å². The molecule has 0 radical (unpaired) electrons. The lowest BCUT2D eigenvalue weighted by molar-refractivity contribution is -0.116. The van der Waals surface area contributed by atoms with Crippen molar-refractivity contribution in [2.75, 3.05) is 18.4 Å². The van der Waals surface area contributed by atoms with Gasteiger partial charge in [0.1, 0.15) is 11.6 Å². The second-order valence-corrected chi connectivity index (χ2v) is 5.68. The molecular formula is C19H24FN5O. The van der Waals surface area contributed by atoms with Gasteiger partial charge in [0.2, 0.25) is 5.91 Å². The van der Waals surface area contributed by atoms with Crippen molar-refractivity contribution in [1.29, 1.82) is 0 Å². The summed E-state index contributed by atoms with van der Waals surface area (Å²) in [6, 6.07) is 12.0. The molecule has 0 atom stereocenters. The maximum atomic E-state index is 13.7. The predicted octanol–water partition coefficient (Wildman–Crippen LogP) is 2.61. The molecule has 26 heavy (non-hydrogen) atoms. The first-order valence-electron chi connectivity index (χ1n) is 8.57. The van der Waals surface area contributed by atoms with E-state index in [0.717, 1.165) is 5.69 Å². The SMILES string of the molecule is CCNC(=NCc1ccccc1F)NCCC(=O)Nc1cccc(C)n1. The van der Waals surface area contributed by atoms with Crippen LogP contribution in [0.5, 0.6) is 0 Å². The lowest BCUT2D eigenvalue weighted by Gasteiger charge is -2.11. The molecule has 2 rings (SSSR count). The average molecular weight is 357 g/mol. The number of hydrogen-bond donors (Lipinski definition) is 3. The van der Waals surface area contributed by atoms with Crippen LogP contribution in [0.15, 0.2) is 47.5 Å². The van der Waals surface area contributed by atoms with E-state index in [1.54, 1.807) is 24.3 Å². The van der Waals surface area contributed by atoms with Crippen molar-refractivity contribution in [2.45, 2.75) is 26.8 Å². The monoisotopic (exact) mass is 357 g/mol. The summed E-state index contributed by atoms with van der Waals surface area (Å²) in [6.07, 6.45) is 0.264. The Morgan fingerprint density at radius 1 is 1.15 bits per heavy atom. The van der Waals surface area contributed by atoms with E-state index < -0.39 is 0 Å². The number of rotatable bonds is 7. The van der Waals surface area contributed by atoms with Crippen molar-refractivity contribution < 1.29 is 9.18 Å². The van der Waals surface area contributed by atoms with E-state index >= 15 is 0 Å². The van der Waals surface area contributed by atoms with Gasteiger partial charge in [-0.2, -0.15) is 0 Å². The van der Waals surface area contributed by atoms with Crippen molar-refractivity contribution >= 4 is 17.7 Å². The van der Waals surface area contributed by atoms with Gasteiger partial charge < -0.3 is 16.0 Å². The number of aryl methyl sites for hydroxylation is 1. The minimum Gasteiger partial charge on any atom is -0.357 e. The summed E-state index contributed by atoms with van der Waals surface area (Å²) in [5.74, 6) is 0.657. The summed E-state index contributed by atoms with van der Waals surface area (Å²) in [7, 11) is 0. The first-order valence-corrected chi connectivity index (χ1v) is 8.57. The van der Waals surface area contributed by atoms with Gasteiger partial charge in [0, 0.05) is 30.8 Å². The Morgan fingerprint density at radius 2 is 1.96 bits per heavy atom. The molecule has 0 fully saturated rings. The molecule has 0 aliphatic heterocycles. The summed E-state index contributed by atoms with van der Waals surface area (Å²) < 4.78 is 13.7. The van der Waals surface area contributed by atoms with Gasteiger partial charge in [-0.25, -0.2) is 14.4 Å². The van der Waals surface area contributed by atoms with Crippen LogP contribution in [0.2, 0.25) is 0 Å². The number of amides is 1. The zero-order valence-corrected chi connectivity index (χ0v) is 15.1. The summed E-state index contributed by atoms with van der Waals surface area (Å²) in [5.41, 5.74) is 1.36. The number of guanidine groups is 1. The van der Waals surface area contributed by atoms with Gasteiger partial charge in [-0.1, -0.05) is 24.3 Å².